The van der Waals surface area contributed by atoms with Gasteiger partial charge in [0.15, 0.2) is 5.16 Å². The van der Waals surface area contributed by atoms with Crippen molar-refractivity contribution in [2.45, 2.75) is 30.4 Å². The van der Waals surface area contributed by atoms with Crippen LogP contribution in [-0.2, 0) is 21.3 Å². The first-order valence-corrected chi connectivity index (χ1v) is 10.8. The third kappa shape index (κ3) is 3.50. The van der Waals surface area contributed by atoms with Crippen LogP contribution in [0.2, 0.25) is 0 Å². The van der Waals surface area contributed by atoms with Crippen LogP contribution >= 0.6 is 0 Å². The summed E-state index contributed by atoms with van der Waals surface area (Å²) in [4.78, 5) is 10.1. The van der Waals surface area contributed by atoms with E-state index in [1.807, 2.05) is 37.3 Å². The molecular formula is C22H25N3O2S. The molecule has 1 aromatic heterocycles. The molecule has 0 aliphatic carbocycles. The van der Waals surface area contributed by atoms with E-state index in [1.54, 1.807) is 7.11 Å². The Kier molecular flexibility index (Phi) is 5.33. The summed E-state index contributed by atoms with van der Waals surface area (Å²) in [7, 11) is 0.485. The number of benzene rings is 2. The number of rotatable bonds is 6. The van der Waals surface area contributed by atoms with Gasteiger partial charge in [0.25, 0.3) is 0 Å². The normalized spacial score (nSPS) is 17.5. The number of fused-ring (bicyclic) bond motifs is 2. The molecular weight excluding hydrogens is 370 g/mol. The lowest BCUT2D eigenvalue weighted by Crippen LogP contribution is -2.33. The van der Waals surface area contributed by atoms with Gasteiger partial charge < -0.3 is 14.6 Å². The molecule has 0 fully saturated rings. The van der Waals surface area contributed by atoms with Crippen LogP contribution in [0.1, 0.15) is 29.2 Å². The molecule has 2 heterocycles. The number of para-hydroxylation sites is 1. The lowest BCUT2D eigenvalue weighted by molar-refractivity contribution is 0.0938. The highest BCUT2D eigenvalue weighted by molar-refractivity contribution is 7.84. The third-order valence-electron chi connectivity index (χ3n) is 5.23. The number of methoxy groups -OCH3 is 1. The zero-order chi connectivity index (χ0) is 19.7. The molecule has 0 radical (unpaired) electrons. The zero-order valence-electron chi connectivity index (χ0n) is 16.3. The van der Waals surface area contributed by atoms with Gasteiger partial charge in [-0.05, 0) is 36.6 Å². The molecule has 2 unspecified atom stereocenters. The van der Waals surface area contributed by atoms with Crippen LogP contribution in [0.5, 0.6) is 0 Å². The van der Waals surface area contributed by atoms with Crippen molar-refractivity contribution >= 4 is 27.5 Å². The van der Waals surface area contributed by atoms with Crippen molar-refractivity contribution < 1.29 is 8.95 Å². The van der Waals surface area contributed by atoms with Gasteiger partial charge >= 0.3 is 0 Å². The van der Waals surface area contributed by atoms with Crippen molar-refractivity contribution in [2.24, 2.45) is 0 Å². The average Bonchev–Trinajstić information content (AvgIpc) is 3.12. The van der Waals surface area contributed by atoms with Crippen molar-refractivity contribution in [1.29, 1.82) is 0 Å². The van der Waals surface area contributed by atoms with Crippen LogP contribution in [0.15, 0.2) is 54.2 Å². The Hall–Kier alpha value is -2.44. The highest BCUT2D eigenvalue weighted by Crippen LogP contribution is 2.38. The van der Waals surface area contributed by atoms with Gasteiger partial charge in [-0.1, -0.05) is 30.3 Å². The number of hydrogen-bond acceptors (Lipinski definition) is 4. The van der Waals surface area contributed by atoms with Gasteiger partial charge in [-0.2, -0.15) is 0 Å². The van der Waals surface area contributed by atoms with E-state index in [-0.39, 0.29) is 6.10 Å². The molecule has 146 valence electrons. The van der Waals surface area contributed by atoms with E-state index in [9.17, 15) is 4.21 Å². The van der Waals surface area contributed by atoms with Gasteiger partial charge in [-0.25, -0.2) is 4.98 Å². The van der Waals surface area contributed by atoms with E-state index in [0.717, 1.165) is 52.9 Å². The van der Waals surface area contributed by atoms with Gasteiger partial charge in [-0.3, -0.25) is 4.21 Å². The maximum absolute atomic E-state index is 13.1. The van der Waals surface area contributed by atoms with Gasteiger partial charge in [0.1, 0.15) is 0 Å². The number of imidazole rings is 1. The summed E-state index contributed by atoms with van der Waals surface area (Å²) in [6, 6.07) is 12.2. The molecule has 0 spiro atoms. The van der Waals surface area contributed by atoms with E-state index in [0.29, 0.717) is 10.9 Å². The standard InChI is InChI=1S/C22H25N3O2S/c1-4-11-25-12-10-20(27-3)17-7-5-6-16(21(17)25)14-28(26)22-23-18-9-8-15(2)13-19(18)24-22/h4-9,13,20H,1,10-12,14H2,2-3H3,(H,23,24). The second kappa shape index (κ2) is 7.89. The second-order valence-electron chi connectivity index (χ2n) is 7.16. The summed E-state index contributed by atoms with van der Waals surface area (Å²) in [5, 5.41) is 0.521. The minimum Gasteiger partial charge on any atom is -0.377 e. The Labute approximate surface area is 167 Å². The Morgan fingerprint density at radius 2 is 2.25 bits per heavy atom. The maximum atomic E-state index is 13.1. The van der Waals surface area contributed by atoms with Crippen molar-refractivity contribution in [3.63, 3.8) is 0 Å². The first-order valence-electron chi connectivity index (χ1n) is 9.46. The van der Waals surface area contributed by atoms with Crippen LogP contribution in [0.3, 0.4) is 0 Å². The fourth-order valence-corrected chi connectivity index (χ4v) is 4.99. The molecule has 0 bridgehead atoms. The first kappa shape index (κ1) is 18.9. The number of aromatic amines is 1. The van der Waals surface area contributed by atoms with Gasteiger partial charge in [0.2, 0.25) is 0 Å². The number of anilines is 1. The van der Waals surface area contributed by atoms with Crippen LogP contribution < -0.4 is 4.90 Å². The zero-order valence-corrected chi connectivity index (χ0v) is 17.1. The molecule has 0 amide bonds. The largest absolute Gasteiger partial charge is 0.377 e. The summed E-state index contributed by atoms with van der Waals surface area (Å²) in [5.74, 6) is 0.409. The monoisotopic (exact) mass is 395 g/mol. The van der Waals surface area contributed by atoms with Crippen LogP contribution in [0.4, 0.5) is 5.69 Å². The number of nitrogens with zero attached hydrogens (tertiary/aromatic N) is 2. The molecule has 2 aromatic carbocycles. The predicted molar refractivity (Wildman–Crippen MR) is 114 cm³/mol. The minimum absolute atomic E-state index is 0.0682. The molecule has 5 nitrogen and oxygen atoms in total. The Morgan fingerprint density at radius 3 is 3.04 bits per heavy atom. The molecule has 28 heavy (non-hydrogen) atoms. The number of nitrogens with one attached hydrogen (secondary N) is 1. The fraction of sp³-hybridized carbons (Fsp3) is 0.318. The molecule has 0 saturated heterocycles. The Bertz CT molecular complexity index is 1040. The van der Waals surface area contributed by atoms with Crippen LogP contribution in [0.25, 0.3) is 11.0 Å². The Balaban J connectivity index is 1.69. The number of ether oxygens (including phenoxy) is 1. The Morgan fingerprint density at radius 1 is 1.39 bits per heavy atom. The molecule has 3 aromatic rings. The fourth-order valence-electron chi connectivity index (χ4n) is 3.91. The number of aromatic nitrogens is 2. The molecule has 2 atom stereocenters. The summed E-state index contributed by atoms with van der Waals surface area (Å²) in [5.41, 5.74) is 6.25. The van der Waals surface area contributed by atoms with Crippen molar-refractivity contribution in [2.75, 3.05) is 25.1 Å². The number of H-pyrrole nitrogens is 1. The van der Waals surface area contributed by atoms with E-state index in [1.165, 1.54) is 0 Å². The summed E-state index contributed by atoms with van der Waals surface area (Å²) in [6.07, 6.45) is 2.91. The highest BCUT2D eigenvalue weighted by Gasteiger charge is 2.27. The second-order valence-corrected chi connectivity index (χ2v) is 8.52. The van der Waals surface area contributed by atoms with Gasteiger partial charge in [0.05, 0.1) is 33.7 Å². The van der Waals surface area contributed by atoms with Crippen LogP contribution in [0, 0.1) is 6.92 Å². The smallest absolute Gasteiger partial charge is 0.197 e. The summed E-state index contributed by atoms with van der Waals surface area (Å²) >= 11 is 0. The molecule has 1 aliphatic rings. The lowest BCUT2D eigenvalue weighted by atomic mass is 9.95. The van der Waals surface area contributed by atoms with E-state index in [4.69, 9.17) is 4.74 Å². The molecule has 1 N–H and O–H groups in total. The molecule has 6 heteroatoms. The lowest BCUT2D eigenvalue weighted by Gasteiger charge is -2.36. The summed E-state index contributed by atoms with van der Waals surface area (Å²) < 4.78 is 18.8. The highest BCUT2D eigenvalue weighted by atomic mass is 32.2. The quantitative estimate of drug-likeness (QED) is 0.634. The topological polar surface area (TPSA) is 58.2 Å². The first-order chi connectivity index (χ1) is 13.6. The molecule has 1 aliphatic heterocycles. The predicted octanol–water partition coefficient (Wildman–Crippen LogP) is 4.26. The number of aryl methyl sites for hydroxylation is 1. The summed E-state index contributed by atoms with van der Waals surface area (Å²) in [6.45, 7) is 7.58. The van der Waals surface area contributed by atoms with E-state index >= 15 is 0 Å². The number of hydrogen-bond donors (Lipinski definition) is 1. The molecule has 4 rings (SSSR count). The SMILES string of the molecule is C=CCN1CCC(OC)c2cccc(CS(=O)c3nc4ccc(C)cc4[nH]3)c21. The van der Waals surface area contributed by atoms with Crippen LogP contribution in [-0.4, -0.2) is 34.4 Å². The van der Waals surface area contributed by atoms with Crippen molar-refractivity contribution in [3.8, 4) is 0 Å². The third-order valence-corrected chi connectivity index (χ3v) is 6.42. The van der Waals surface area contributed by atoms with Crippen molar-refractivity contribution in [3.05, 3.63) is 65.7 Å². The van der Waals surface area contributed by atoms with E-state index in [2.05, 4.69) is 33.6 Å². The van der Waals surface area contributed by atoms with E-state index < -0.39 is 10.8 Å². The van der Waals surface area contributed by atoms with Gasteiger partial charge in [-0.15, -0.1) is 6.58 Å². The maximum Gasteiger partial charge on any atom is 0.197 e. The minimum atomic E-state index is -1.26. The average molecular weight is 396 g/mol. The van der Waals surface area contributed by atoms with Crippen molar-refractivity contribution in [1.82, 2.24) is 9.97 Å². The van der Waals surface area contributed by atoms with Gasteiger partial charge in [0, 0.05) is 31.5 Å². The molecule has 0 saturated carbocycles.